The highest BCUT2D eigenvalue weighted by Crippen LogP contribution is 2.11. The van der Waals surface area contributed by atoms with Crippen LogP contribution in [0.4, 0.5) is 0 Å². The van der Waals surface area contributed by atoms with Crippen LogP contribution < -0.4 is 22.5 Å². The number of benzene rings is 2. The Morgan fingerprint density at radius 1 is 0.778 bits per heavy atom. The van der Waals surface area contributed by atoms with E-state index in [2.05, 4.69) is 66.0 Å². The third-order valence-corrected chi connectivity index (χ3v) is 5.11. The second-order valence-corrected chi connectivity index (χ2v) is 7.42. The fourth-order valence-electron chi connectivity index (χ4n) is 3.44. The fraction of sp³-hybridized carbons (Fsp3) is 0.478. The SMILES string of the molecule is NCCCCC(N)C(N)C[C@H](Cc1ccccc1)NCCc1ccccc1. The molecule has 0 aliphatic heterocycles. The van der Waals surface area contributed by atoms with E-state index in [0.29, 0.717) is 6.04 Å². The van der Waals surface area contributed by atoms with E-state index in [-0.39, 0.29) is 12.1 Å². The zero-order valence-electron chi connectivity index (χ0n) is 16.4. The Bertz CT molecular complexity index is 602. The summed E-state index contributed by atoms with van der Waals surface area (Å²) in [5.41, 5.74) is 21.0. The molecule has 3 atom stereocenters. The minimum atomic E-state index is 0.000659. The smallest absolute Gasteiger partial charge is 0.0207 e. The first-order valence-electron chi connectivity index (χ1n) is 10.2. The van der Waals surface area contributed by atoms with Gasteiger partial charge in [0, 0.05) is 18.1 Å². The van der Waals surface area contributed by atoms with Crippen molar-refractivity contribution in [3.05, 3.63) is 71.8 Å². The molecule has 2 unspecified atom stereocenters. The predicted octanol–water partition coefficient (Wildman–Crippen LogP) is 2.60. The van der Waals surface area contributed by atoms with Crippen LogP contribution >= 0.6 is 0 Å². The number of unbranched alkanes of at least 4 members (excludes halogenated alkanes) is 1. The summed E-state index contributed by atoms with van der Waals surface area (Å²) in [5.74, 6) is 0. The van der Waals surface area contributed by atoms with Crippen LogP contribution in [0.3, 0.4) is 0 Å². The summed E-state index contributed by atoms with van der Waals surface area (Å²) < 4.78 is 0. The number of hydrogen-bond acceptors (Lipinski definition) is 4. The molecule has 7 N–H and O–H groups in total. The molecule has 27 heavy (non-hydrogen) atoms. The Balaban J connectivity index is 1.88. The van der Waals surface area contributed by atoms with Crippen molar-refractivity contribution < 1.29 is 0 Å². The van der Waals surface area contributed by atoms with Crippen molar-refractivity contribution in [2.24, 2.45) is 17.2 Å². The van der Waals surface area contributed by atoms with Crippen molar-refractivity contribution >= 4 is 0 Å². The first kappa shape index (κ1) is 21.6. The molecule has 0 heterocycles. The normalized spacial score (nSPS) is 14.6. The largest absolute Gasteiger partial charge is 0.330 e. The zero-order valence-corrected chi connectivity index (χ0v) is 16.4. The molecular weight excluding hydrogens is 332 g/mol. The lowest BCUT2D eigenvalue weighted by Crippen LogP contribution is -2.47. The van der Waals surface area contributed by atoms with Gasteiger partial charge in [0.2, 0.25) is 0 Å². The van der Waals surface area contributed by atoms with Crippen molar-refractivity contribution in [3.63, 3.8) is 0 Å². The molecule has 0 radical (unpaired) electrons. The quantitative estimate of drug-likeness (QED) is 0.409. The van der Waals surface area contributed by atoms with Gasteiger partial charge in [0.25, 0.3) is 0 Å². The minimum absolute atomic E-state index is 0.000659. The number of nitrogens with two attached hydrogens (primary N) is 3. The molecule has 0 aliphatic carbocycles. The molecule has 0 amide bonds. The summed E-state index contributed by atoms with van der Waals surface area (Å²) in [7, 11) is 0. The highest BCUT2D eigenvalue weighted by Gasteiger charge is 2.19. The van der Waals surface area contributed by atoms with Crippen molar-refractivity contribution in [3.8, 4) is 0 Å². The number of rotatable bonds is 13. The lowest BCUT2D eigenvalue weighted by Gasteiger charge is -2.26. The molecule has 2 aromatic rings. The molecule has 4 heteroatoms. The van der Waals surface area contributed by atoms with Gasteiger partial charge in [-0.3, -0.25) is 0 Å². The van der Waals surface area contributed by atoms with Crippen LogP contribution in [-0.4, -0.2) is 31.2 Å². The van der Waals surface area contributed by atoms with Gasteiger partial charge in [-0.2, -0.15) is 0 Å². The Morgan fingerprint density at radius 3 is 2.04 bits per heavy atom. The van der Waals surface area contributed by atoms with Gasteiger partial charge in [-0.1, -0.05) is 67.1 Å². The van der Waals surface area contributed by atoms with Gasteiger partial charge < -0.3 is 22.5 Å². The van der Waals surface area contributed by atoms with Crippen LogP contribution in [0.1, 0.15) is 36.8 Å². The van der Waals surface area contributed by atoms with Crippen LogP contribution in [0, 0.1) is 0 Å². The predicted molar refractivity (Wildman–Crippen MR) is 116 cm³/mol. The Morgan fingerprint density at radius 2 is 1.41 bits per heavy atom. The average molecular weight is 369 g/mol. The van der Waals surface area contributed by atoms with Gasteiger partial charge >= 0.3 is 0 Å². The van der Waals surface area contributed by atoms with E-state index < -0.39 is 0 Å². The van der Waals surface area contributed by atoms with Gasteiger partial charge in [0.05, 0.1) is 0 Å². The maximum absolute atomic E-state index is 6.44. The van der Waals surface area contributed by atoms with Gasteiger partial charge in [0.15, 0.2) is 0 Å². The van der Waals surface area contributed by atoms with Crippen LogP contribution in [0.5, 0.6) is 0 Å². The number of nitrogens with one attached hydrogen (secondary N) is 1. The zero-order chi connectivity index (χ0) is 19.3. The average Bonchev–Trinajstić information content (AvgIpc) is 2.69. The van der Waals surface area contributed by atoms with Crippen LogP contribution in [0.25, 0.3) is 0 Å². The van der Waals surface area contributed by atoms with Crippen molar-refractivity contribution in [1.29, 1.82) is 0 Å². The van der Waals surface area contributed by atoms with E-state index in [0.717, 1.165) is 51.6 Å². The molecule has 0 bridgehead atoms. The van der Waals surface area contributed by atoms with Gasteiger partial charge in [0.1, 0.15) is 0 Å². The summed E-state index contributed by atoms with van der Waals surface area (Å²) >= 11 is 0. The van der Waals surface area contributed by atoms with Crippen molar-refractivity contribution in [2.45, 2.75) is 56.7 Å². The van der Waals surface area contributed by atoms with Crippen LogP contribution in [0.2, 0.25) is 0 Å². The topological polar surface area (TPSA) is 90.1 Å². The summed E-state index contributed by atoms with van der Waals surface area (Å²) in [4.78, 5) is 0. The van der Waals surface area contributed by atoms with E-state index in [1.165, 1.54) is 11.1 Å². The van der Waals surface area contributed by atoms with Gasteiger partial charge in [-0.05, 0) is 56.3 Å². The van der Waals surface area contributed by atoms with Crippen LogP contribution in [-0.2, 0) is 12.8 Å². The molecular formula is C23H36N4. The first-order valence-corrected chi connectivity index (χ1v) is 10.2. The lowest BCUT2D eigenvalue weighted by atomic mass is 9.93. The van der Waals surface area contributed by atoms with E-state index in [1.807, 2.05) is 0 Å². The monoisotopic (exact) mass is 368 g/mol. The standard InChI is InChI=1S/C23H36N4/c24-15-8-7-13-22(25)23(26)18-21(17-20-11-5-2-6-12-20)27-16-14-19-9-3-1-4-10-19/h1-6,9-12,21-23,27H,7-8,13-18,24-26H2/t21-,22?,23?/m0/s1. The Hall–Kier alpha value is -1.72. The second-order valence-electron chi connectivity index (χ2n) is 7.42. The molecule has 0 aliphatic rings. The molecule has 2 rings (SSSR count). The third-order valence-electron chi connectivity index (χ3n) is 5.11. The van der Waals surface area contributed by atoms with E-state index in [9.17, 15) is 0 Å². The summed E-state index contributed by atoms with van der Waals surface area (Å²) in [5, 5.41) is 3.71. The molecule has 0 saturated carbocycles. The van der Waals surface area contributed by atoms with Crippen molar-refractivity contribution in [2.75, 3.05) is 13.1 Å². The highest BCUT2D eigenvalue weighted by molar-refractivity contribution is 5.17. The van der Waals surface area contributed by atoms with Crippen molar-refractivity contribution in [1.82, 2.24) is 5.32 Å². The molecule has 0 spiro atoms. The van der Waals surface area contributed by atoms with Gasteiger partial charge in [-0.15, -0.1) is 0 Å². The molecule has 0 fully saturated rings. The minimum Gasteiger partial charge on any atom is -0.330 e. The Labute approximate surface area is 164 Å². The molecule has 2 aromatic carbocycles. The molecule has 148 valence electrons. The Kier molecular flexibility index (Phi) is 10.1. The van der Waals surface area contributed by atoms with E-state index >= 15 is 0 Å². The summed E-state index contributed by atoms with van der Waals surface area (Å²) in [6, 6.07) is 21.5. The molecule has 4 nitrogen and oxygen atoms in total. The summed E-state index contributed by atoms with van der Waals surface area (Å²) in [6.07, 6.45) is 5.88. The number of hydrogen-bond donors (Lipinski definition) is 4. The molecule has 0 saturated heterocycles. The maximum atomic E-state index is 6.44. The van der Waals surface area contributed by atoms with Gasteiger partial charge in [-0.25, -0.2) is 0 Å². The lowest BCUT2D eigenvalue weighted by molar-refractivity contribution is 0.384. The first-order chi connectivity index (χ1) is 13.2. The maximum Gasteiger partial charge on any atom is 0.0207 e. The highest BCUT2D eigenvalue weighted by atomic mass is 14.9. The van der Waals surface area contributed by atoms with E-state index in [1.54, 1.807) is 0 Å². The fourth-order valence-corrected chi connectivity index (χ4v) is 3.44. The molecule has 0 aromatic heterocycles. The van der Waals surface area contributed by atoms with Crippen LogP contribution in [0.15, 0.2) is 60.7 Å². The summed E-state index contributed by atoms with van der Waals surface area (Å²) in [6.45, 7) is 1.66. The third kappa shape index (κ3) is 8.67. The van der Waals surface area contributed by atoms with E-state index in [4.69, 9.17) is 17.2 Å². The second kappa shape index (κ2) is 12.6.